The molecule has 0 aromatic rings. The molecule has 9 atom stereocenters. The molecule has 0 amide bonds. The third kappa shape index (κ3) is 3.51. The van der Waals surface area contributed by atoms with Gasteiger partial charge in [-0.3, -0.25) is 4.79 Å². The van der Waals surface area contributed by atoms with Crippen LogP contribution in [-0.2, 0) is 9.53 Å². The number of alkyl halides is 1. The normalized spacial score (nSPS) is 47.3. The number of fused-ring (bicyclic) bond motifs is 5. The minimum atomic E-state index is -0.261. The molecule has 1 unspecified atom stereocenters. The first-order chi connectivity index (χ1) is 13.8. The lowest BCUT2D eigenvalue weighted by Crippen LogP contribution is -3.14. The molecule has 0 bridgehead atoms. The fraction of sp³-hybridized carbons (Fsp3) is 0.917. The Balaban J connectivity index is 1.49. The standard InChI is InChI=1S/C24H37ClN2O2/c1-23-10-8-17(29-22(28)15-25)14-16(23)4-5-18-19-6-7-21(27(3)13-12-26)24(19,2)11-9-20(18)23/h16-21H,4-11,13-15H2,1-3H3/p+1/t16-,17-,18+,19+,20-,21-,23-,24-/m0/s1. The molecule has 4 nitrogen and oxygen atoms in total. The van der Waals surface area contributed by atoms with Gasteiger partial charge in [0.25, 0.3) is 0 Å². The highest BCUT2D eigenvalue weighted by Gasteiger charge is 2.62. The largest absolute Gasteiger partial charge is 0.461 e. The highest BCUT2D eigenvalue weighted by molar-refractivity contribution is 6.26. The summed E-state index contributed by atoms with van der Waals surface area (Å²) in [6.07, 6.45) is 11.2. The van der Waals surface area contributed by atoms with Crippen LogP contribution in [0, 0.1) is 45.8 Å². The SMILES string of the molecule is C[NH+](CC#N)[C@H]1CC[C@@H]2[C@H]3CC[C@H]4C[C@@H](OC(=O)CCl)CC[C@]4(C)[C@H]3CC[C@@]21C. The van der Waals surface area contributed by atoms with E-state index in [0.29, 0.717) is 29.3 Å². The Labute approximate surface area is 181 Å². The molecule has 0 saturated heterocycles. The summed E-state index contributed by atoms with van der Waals surface area (Å²) in [5.74, 6) is 2.87. The number of esters is 1. The van der Waals surface area contributed by atoms with Crippen molar-refractivity contribution in [2.24, 2.45) is 34.5 Å². The Morgan fingerprint density at radius 2 is 1.83 bits per heavy atom. The summed E-state index contributed by atoms with van der Waals surface area (Å²) in [4.78, 5) is 13.1. The first-order valence-corrected chi connectivity index (χ1v) is 12.3. The van der Waals surface area contributed by atoms with Gasteiger partial charge in [0, 0.05) is 11.8 Å². The molecule has 4 rings (SSSR count). The topological polar surface area (TPSA) is 54.5 Å². The Morgan fingerprint density at radius 3 is 2.55 bits per heavy atom. The van der Waals surface area contributed by atoms with E-state index in [-0.39, 0.29) is 18.0 Å². The summed E-state index contributed by atoms with van der Waals surface area (Å²) in [6.45, 7) is 5.73. The van der Waals surface area contributed by atoms with Gasteiger partial charge in [0.15, 0.2) is 6.54 Å². The second-order valence-corrected chi connectivity index (χ2v) is 11.3. The maximum absolute atomic E-state index is 11.7. The van der Waals surface area contributed by atoms with Gasteiger partial charge in [-0.1, -0.05) is 13.8 Å². The Bertz CT molecular complexity index is 678. The van der Waals surface area contributed by atoms with E-state index >= 15 is 0 Å². The number of nitrogens with one attached hydrogen (secondary N) is 1. The van der Waals surface area contributed by atoms with E-state index in [1.807, 2.05) is 0 Å². The fourth-order valence-electron chi connectivity index (χ4n) is 8.60. The quantitative estimate of drug-likeness (QED) is 0.428. The number of quaternary nitrogens is 1. The highest BCUT2D eigenvalue weighted by atomic mass is 35.5. The van der Waals surface area contributed by atoms with E-state index in [9.17, 15) is 10.1 Å². The van der Waals surface area contributed by atoms with Gasteiger partial charge >= 0.3 is 5.97 Å². The van der Waals surface area contributed by atoms with Crippen LogP contribution in [0.15, 0.2) is 0 Å². The van der Waals surface area contributed by atoms with Crippen LogP contribution < -0.4 is 4.90 Å². The minimum absolute atomic E-state index is 0.0349. The number of hydrogen-bond donors (Lipinski definition) is 1. The van der Waals surface area contributed by atoms with Crippen LogP contribution in [0.3, 0.4) is 0 Å². The average molecular weight is 422 g/mol. The van der Waals surface area contributed by atoms with Crippen LogP contribution >= 0.6 is 11.6 Å². The van der Waals surface area contributed by atoms with Crippen molar-refractivity contribution in [3.63, 3.8) is 0 Å². The first-order valence-electron chi connectivity index (χ1n) is 11.8. The van der Waals surface area contributed by atoms with Crippen molar-refractivity contribution in [1.29, 1.82) is 5.26 Å². The Hall–Kier alpha value is -0.790. The summed E-state index contributed by atoms with van der Waals surface area (Å²) in [7, 11) is 2.23. The summed E-state index contributed by atoms with van der Waals surface area (Å²) < 4.78 is 5.62. The van der Waals surface area contributed by atoms with Gasteiger partial charge in [-0.05, 0) is 80.5 Å². The number of rotatable bonds is 4. The number of nitrogens with zero attached hydrogens (tertiary/aromatic N) is 1. The molecule has 1 N–H and O–H groups in total. The Morgan fingerprint density at radius 1 is 1.10 bits per heavy atom. The van der Waals surface area contributed by atoms with E-state index in [4.69, 9.17) is 16.3 Å². The van der Waals surface area contributed by atoms with Crippen molar-refractivity contribution in [3.05, 3.63) is 0 Å². The molecule has 4 saturated carbocycles. The van der Waals surface area contributed by atoms with Gasteiger partial charge in [0.1, 0.15) is 18.1 Å². The van der Waals surface area contributed by atoms with E-state index < -0.39 is 0 Å². The van der Waals surface area contributed by atoms with E-state index in [1.54, 1.807) is 0 Å². The molecule has 0 aliphatic heterocycles. The van der Waals surface area contributed by atoms with Crippen molar-refractivity contribution in [3.8, 4) is 6.07 Å². The number of carbonyl (C=O) groups is 1. The molecular weight excluding hydrogens is 384 g/mol. The summed E-state index contributed by atoms with van der Waals surface area (Å²) in [5, 5.41) is 9.21. The maximum Gasteiger partial charge on any atom is 0.321 e. The van der Waals surface area contributed by atoms with Crippen molar-refractivity contribution in [2.75, 3.05) is 19.5 Å². The van der Waals surface area contributed by atoms with Gasteiger partial charge < -0.3 is 9.64 Å². The van der Waals surface area contributed by atoms with E-state index in [1.165, 1.54) is 49.8 Å². The van der Waals surface area contributed by atoms with Crippen molar-refractivity contribution in [1.82, 2.24) is 0 Å². The first kappa shape index (κ1) is 21.4. The molecule has 5 heteroatoms. The van der Waals surface area contributed by atoms with Crippen molar-refractivity contribution in [2.45, 2.75) is 83.8 Å². The average Bonchev–Trinajstić information content (AvgIpc) is 3.05. The second kappa shape index (κ2) is 8.04. The molecule has 4 aliphatic rings. The van der Waals surface area contributed by atoms with Gasteiger partial charge in [0.05, 0.1) is 13.1 Å². The maximum atomic E-state index is 11.7. The predicted molar refractivity (Wildman–Crippen MR) is 113 cm³/mol. The van der Waals surface area contributed by atoms with Gasteiger partial charge in [-0.25, -0.2) is 0 Å². The molecule has 29 heavy (non-hydrogen) atoms. The zero-order chi connectivity index (χ0) is 20.8. The second-order valence-electron chi connectivity index (χ2n) is 11.0. The predicted octanol–water partition coefficient (Wildman–Crippen LogP) is 3.59. The van der Waals surface area contributed by atoms with E-state index in [0.717, 1.165) is 30.6 Å². The lowest BCUT2D eigenvalue weighted by Gasteiger charge is -2.60. The number of nitriles is 1. The fourth-order valence-corrected chi connectivity index (χ4v) is 8.66. The third-order valence-electron chi connectivity index (χ3n) is 9.98. The number of halogens is 1. The van der Waals surface area contributed by atoms with Crippen LogP contribution in [0.2, 0.25) is 0 Å². The Kier molecular flexibility index (Phi) is 5.95. The molecule has 4 aliphatic carbocycles. The van der Waals surface area contributed by atoms with Crippen LogP contribution in [0.5, 0.6) is 0 Å². The molecule has 162 valence electrons. The minimum Gasteiger partial charge on any atom is -0.461 e. The summed E-state index contributed by atoms with van der Waals surface area (Å²) in [5.41, 5.74) is 0.802. The molecular formula is C24H38ClN2O2+. The smallest absolute Gasteiger partial charge is 0.321 e. The number of ether oxygens (including phenoxy) is 1. The summed E-state index contributed by atoms with van der Waals surface area (Å²) in [6, 6.07) is 3.04. The lowest BCUT2D eigenvalue weighted by atomic mass is 9.45. The van der Waals surface area contributed by atoms with Crippen molar-refractivity contribution >= 4 is 17.6 Å². The lowest BCUT2D eigenvalue weighted by molar-refractivity contribution is -0.906. The summed E-state index contributed by atoms with van der Waals surface area (Å²) >= 11 is 5.65. The number of carbonyl (C=O) groups excluding carboxylic acids is 1. The molecule has 4 fully saturated rings. The van der Waals surface area contributed by atoms with E-state index in [2.05, 4.69) is 27.0 Å². The highest BCUT2D eigenvalue weighted by Crippen LogP contribution is 2.66. The van der Waals surface area contributed by atoms with Gasteiger partial charge in [-0.15, -0.1) is 11.6 Å². The number of hydrogen-bond acceptors (Lipinski definition) is 3. The van der Waals surface area contributed by atoms with Crippen molar-refractivity contribution < 1.29 is 14.4 Å². The zero-order valence-electron chi connectivity index (χ0n) is 18.4. The van der Waals surface area contributed by atoms with Gasteiger partial charge in [0.2, 0.25) is 0 Å². The zero-order valence-corrected chi connectivity index (χ0v) is 19.1. The molecule has 0 aromatic carbocycles. The molecule has 0 radical (unpaired) electrons. The van der Waals surface area contributed by atoms with Crippen LogP contribution in [0.25, 0.3) is 0 Å². The van der Waals surface area contributed by atoms with Crippen LogP contribution in [0.4, 0.5) is 0 Å². The molecule has 0 aromatic heterocycles. The van der Waals surface area contributed by atoms with Crippen LogP contribution in [0.1, 0.15) is 71.6 Å². The third-order valence-corrected chi connectivity index (χ3v) is 10.2. The molecule has 0 spiro atoms. The van der Waals surface area contributed by atoms with Crippen LogP contribution in [-0.4, -0.2) is 37.6 Å². The van der Waals surface area contributed by atoms with Gasteiger partial charge in [-0.2, -0.15) is 5.26 Å². The monoisotopic (exact) mass is 421 g/mol. The molecule has 0 heterocycles.